The molecule has 0 radical (unpaired) electrons. The van der Waals surface area contributed by atoms with Gasteiger partial charge < -0.3 is 25.2 Å². The minimum absolute atomic E-state index is 0. The van der Waals surface area contributed by atoms with Crippen molar-refractivity contribution in [2.45, 2.75) is 13.3 Å². The fraction of sp³-hybridized carbons (Fsp3) is 0.222. The van der Waals surface area contributed by atoms with Crippen LogP contribution in [-0.2, 0) is 9.47 Å². The van der Waals surface area contributed by atoms with Gasteiger partial charge in [0, 0.05) is 0 Å². The number of phenols is 2. The third-order valence-corrected chi connectivity index (χ3v) is 2.83. The molecule has 3 N–H and O–H groups in total. The quantitative estimate of drug-likeness (QED) is 0.557. The fourth-order valence-electron chi connectivity index (χ4n) is 1.59. The van der Waals surface area contributed by atoms with Crippen molar-refractivity contribution < 1.29 is 86.1 Å². The summed E-state index contributed by atoms with van der Waals surface area (Å²) in [6.45, 7) is 2.36. The minimum Gasteiger partial charge on any atom is -0.870 e. The number of ether oxygens (including phenoxy) is 2. The molecule has 0 aliphatic carbocycles. The molecule has 0 fully saturated rings. The fourth-order valence-corrected chi connectivity index (χ4v) is 1.59. The smallest absolute Gasteiger partial charge is 0.870 e. The molecular weight excluding hydrogens is 367 g/mol. The molecule has 2 rings (SSSR count). The van der Waals surface area contributed by atoms with Crippen LogP contribution in [0, 0.1) is 0 Å². The molecule has 0 atom stereocenters. The largest absolute Gasteiger partial charge is 1.00 e. The van der Waals surface area contributed by atoms with E-state index in [2.05, 4.69) is 4.74 Å². The second-order valence-electron chi connectivity index (χ2n) is 4.72. The third-order valence-electron chi connectivity index (χ3n) is 2.83. The normalized spacial score (nSPS) is 8.69. The maximum Gasteiger partial charge on any atom is 1.00 e. The zero-order valence-corrected chi connectivity index (χ0v) is 18.1. The van der Waals surface area contributed by atoms with Gasteiger partial charge in [0.15, 0.2) is 0 Å². The van der Waals surface area contributed by atoms with Crippen molar-refractivity contribution in [3.8, 4) is 11.5 Å². The molecule has 0 spiro atoms. The van der Waals surface area contributed by atoms with Gasteiger partial charge in [0.1, 0.15) is 11.5 Å². The van der Waals surface area contributed by atoms with E-state index in [1.165, 1.54) is 55.6 Å². The van der Waals surface area contributed by atoms with Crippen LogP contribution in [0.1, 0.15) is 34.1 Å². The molecule has 8 heteroatoms. The predicted octanol–water partition coefficient (Wildman–Crippen LogP) is -0.0350. The zero-order valence-electron chi connectivity index (χ0n) is 15.0. The van der Waals surface area contributed by atoms with E-state index >= 15 is 0 Å². The minimum atomic E-state index is -0.398. The van der Waals surface area contributed by atoms with E-state index < -0.39 is 5.97 Å². The average molecular weight is 388 g/mol. The van der Waals surface area contributed by atoms with Gasteiger partial charge in [-0.25, -0.2) is 9.59 Å². The van der Waals surface area contributed by atoms with Gasteiger partial charge in [-0.1, -0.05) is 6.92 Å². The Hall–Kier alpha value is -1.42. The van der Waals surface area contributed by atoms with E-state index in [9.17, 15) is 9.59 Å². The van der Waals surface area contributed by atoms with Crippen molar-refractivity contribution in [2.75, 3.05) is 13.7 Å². The van der Waals surface area contributed by atoms with Crippen LogP contribution in [-0.4, -0.2) is 41.3 Å². The first kappa shape index (κ1) is 26.8. The number of aromatic hydroxyl groups is 2. The number of hydrogen-bond donors (Lipinski definition) is 2. The Labute approximate surface area is 194 Å². The van der Waals surface area contributed by atoms with E-state index in [-0.39, 0.29) is 74.3 Å². The number of carbonyl (C=O) groups is 2. The second-order valence-corrected chi connectivity index (χ2v) is 4.72. The SMILES string of the molecule is CCCOC(=O)c1ccc(O)cc1.COC(=O)c1ccc(O)cc1.[K+].[OH-]. The summed E-state index contributed by atoms with van der Waals surface area (Å²) < 4.78 is 9.35. The van der Waals surface area contributed by atoms with Gasteiger partial charge >= 0.3 is 63.3 Å². The Morgan fingerprint density at radius 1 is 0.846 bits per heavy atom. The second kappa shape index (κ2) is 14.7. The summed E-state index contributed by atoms with van der Waals surface area (Å²) in [4.78, 5) is 22.0. The predicted molar refractivity (Wildman–Crippen MR) is 90.1 cm³/mol. The van der Waals surface area contributed by atoms with Gasteiger partial charge in [0.05, 0.1) is 24.8 Å². The molecule has 0 heterocycles. The van der Waals surface area contributed by atoms with Crippen LogP contribution < -0.4 is 51.4 Å². The zero-order chi connectivity index (χ0) is 17.9. The van der Waals surface area contributed by atoms with Gasteiger partial charge in [-0.15, -0.1) is 0 Å². The summed E-state index contributed by atoms with van der Waals surface area (Å²) >= 11 is 0. The van der Waals surface area contributed by atoms with Gasteiger partial charge in [-0.3, -0.25) is 0 Å². The molecule has 26 heavy (non-hydrogen) atoms. The van der Waals surface area contributed by atoms with E-state index in [1.807, 2.05) is 6.92 Å². The maximum absolute atomic E-state index is 11.2. The molecular formula is C18H21KO7. The number of rotatable bonds is 4. The first-order chi connectivity index (χ1) is 11.5. The number of methoxy groups -OCH3 is 1. The molecule has 0 unspecified atom stereocenters. The monoisotopic (exact) mass is 388 g/mol. The third kappa shape index (κ3) is 9.90. The molecule has 0 aromatic heterocycles. The first-order valence-corrected chi connectivity index (χ1v) is 7.31. The topological polar surface area (TPSA) is 123 Å². The summed E-state index contributed by atoms with van der Waals surface area (Å²) in [5, 5.41) is 17.8. The van der Waals surface area contributed by atoms with Crippen LogP contribution in [0.4, 0.5) is 0 Å². The van der Waals surface area contributed by atoms with E-state index in [0.29, 0.717) is 17.7 Å². The van der Waals surface area contributed by atoms with Crippen molar-refractivity contribution in [1.29, 1.82) is 0 Å². The van der Waals surface area contributed by atoms with Gasteiger partial charge in [0.25, 0.3) is 0 Å². The molecule has 2 aromatic rings. The summed E-state index contributed by atoms with van der Waals surface area (Å²) in [6.07, 6.45) is 0.809. The van der Waals surface area contributed by atoms with Crippen molar-refractivity contribution >= 4 is 11.9 Å². The molecule has 0 saturated heterocycles. The molecule has 0 aliphatic rings. The van der Waals surface area contributed by atoms with Crippen LogP contribution in [0.15, 0.2) is 48.5 Å². The Kier molecular flexibility index (Phi) is 15.2. The standard InChI is InChI=1S/C10H12O3.C8H8O3.K.H2O/c1-2-7-13-10(12)8-3-5-9(11)6-4-8;1-11-8(10)6-2-4-7(9)5-3-6;;/h3-6,11H,2,7H2,1H3;2-5,9H,1H3;;1H2/q;;+1;/p-1. The molecule has 0 saturated carbocycles. The van der Waals surface area contributed by atoms with E-state index in [1.54, 1.807) is 0 Å². The number of benzene rings is 2. The first-order valence-electron chi connectivity index (χ1n) is 7.31. The summed E-state index contributed by atoms with van der Waals surface area (Å²) in [5.74, 6) is -0.462. The van der Waals surface area contributed by atoms with Gasteiger partial charge in [0.2, 0.25) is 0 Å². The van der Waals surface area contributed by atoms with Crippen LogP contribution in [0.3, 0.4) is 0 Å². The summed E-state index contributed by atoms with van der Waals surface area (Å²) in [7, 11) is 1.31. The Morgan fingerprint density at radius 2 is 1.23 bits per heavy atom. The number of hydrogen-bond acceptors (Lipinski definition) is 7. The van der Waals surface area contributed by atoms with Crippen LogP contribution >= 0.6 is 0 Å². The molecule has 0 bridgehead atoms. The molecule has 2 aromatic carbocycles. The van der Waals surface area contributed by atoms with Gasteiger partial charge in [-0.2, -0.15) is 0 Å². The van der Waals surface area contributed by atoms with E-state index in [0.717, 1.165) is 6.42 Å². The number of carbonyl (C=O) groups excluding carboxylic acids is 2. The average Bonchev–Trinajstić information content (AvgIpc) is 2.61. The summed E-state index contributed by atoms with van der Waals surface area (Å²) in [5.41, 5.74) is 0.900. The van der Waals surface area contributed by atoms with Gasteiger partial charge in [-0.05, 0) is 55.0 Å². The van der Waals surface area contributed by atoms with Crippen molar-refractivity contribution in [2.24, 2.45) is 0 Å². The van der Waals surface area contributed by atoms with Crippen LogP contribution in [0.25, 0.3) is 0 Å². The molecule has 0 amide bonds. The molecule has 0 aliphatic heterocycles. The summed E-state index contributed by atoms with van der Waals surface area (Å²) in [6, 6.07) is 11.9. The number of phenolic OH excluding ortho intramolecular Hbond substituents is 2. The Bertz CT molecular complexity index is 654. The van der Waals surface area contributed by atoms with E-state index in [4.69, 9.17) is 14.9 Å². The van der Waals surface area contributed by atoms with Crippen LogP contribution in [0.2, 0.25) is 0 Å². The molecule has 136 valence electrons. The molecule has 7 nitrogen and oxygen atoms in total. The maximum atomic E-state index is 11.2. The van der Waals surface area contributed by atoms with Crippen LogP contribution in [0.5, 0.6) is 11.5 Å². The van der Waals surface area contributed by atoms with Crippen molar-refractivity contribution in [3.05, 3.63) is 59.7 Å². The Morgan fingerprint density at radius 3 is 1.58 bits per heavy atom. The van der Waals surface area contributed by atoms with Crippen molar-refractivity contribution in [3.63, 3.8) is 0 Å². The number of esters is 2. The van der Waals surface area contributed by atoms with Crippen molar-refractivity contribution in [1.82, 2.24) is 0 Å². The Balaban J connectivity index is 0.